The van der Waals surface area contributed by atoms with Crippen LogP contribution in [0.25, 0.3) is 0 Å². The van der Waals surface area contributed by atoms with E-state index < -0.39 is 0 Å². The third kappa shape index (κ3) is 1.24. The summed E-state index contributed by atoms with van der Waals surface area (Å²) in [5.41, 5.74) is 0. The number of fused-ring (bicyclic) bond motifs is 2. The molecule has 4 aliphatic rings. The molecule has 0 saturated carbocycles. The number of hydrogen-bond acceptors (Lipinski definition) is 3. The van der Waals surface area contributed by atoms with Gasteiger partial charge >= 0.3 is 0 Å². The molecule has 0 aromatic rings. The molecule has 1 spiro atoms. The molecular weight excluding hydrogens is 182 g/mol. The van der Waals surface area contributed by atoms with Crippen LogP contribution in [0.5, 0.6) is 0 Å². The Morgan fingerprint density at radius 2 is 2.15 bits per heavy atom. The molecule has 0 aliphatic carbocycles. The van der Waals surface area contributed by atoms with Gasteiger partial charge in [-0.1, -0.05) is 0 Å². The minimum Gasteiger partial charge on any atom is -0.359 e. The normalized spacial score (nSPS) is 54.7. The van der Waals surface area contributed by atoms with Crippen molar-refractivity contribution in [3.05, 3.63) is 0 Å². The van der Waals surface area contributed by atoms with E-state index in [2.05, 4.69) is 23.6 Å². The Bertz CT molecular complexity index is 215. The van der Waals surface area contributed by atoms with Crippen LogP contribution in [0.15, 0.2) is 0 Å². The Kier molecular flexibility index (Phi) is 1.90. The van der Waals surface area contributed by atoms with Crippen molar-refractivity contribution in [1.29, 1.82) is 0 Å². The SMILES string of the molecule is C[C@@H]1CSC2(CN3CCC2CC3)O1. The standard InChI is InChI=1S/C10H17NOS/c1-8-6-13-10(12-8)7-11-4-2-9(10)3-5-11/h8-9H,2-7H2,1H3/t8-,10?/m1/s1. The van der Waals surface area contributed by atoms with Gasteiger partial charge in [0.1, 0.15) is 4.93 Å². The van der Waals surface area contributed by atoms with Crippen LogP contribution < -0.4 is 0 Å². The summed E-state index contributed by atoms with van der Waals surface area (Å²) in [5, 5.41) is 0. The highest BCUT2D eigenvalue weighted by atomic mass is 32.2. The second-order valence-corrected chi connectivity index (χ2v) is 5.91. The highest BCUT2D eigenvalue weighted by Crippen LogP contribution is 2.49. The van der Waals surface area contributed by atoms with Crippen molar-refractivity contribution in [1.82, 2.24) is 4.90 Å². The molecule has 0 aromatic carbocycles. The van der Waals surface area contributed by atoms with Crippen molar-refractivity contribution in [2.24, 2.45) is 5.92 Å². The molecule has 4 rings (SSSR count). The summed E-state index contributed by atoms with van der Waals surface area (Å²) in [5.74, 6) is 2.04. The van der Waals surface area contributed by atoms with E-state index in [4.69, 9.17) is 4.74 Å². The first-order valence-electron chi connectivity index (χ1n) is 5.33. The van der Waals surface area contributed by atoms with Crippen molar-refractivity contribution in [3.8, 4) is 0 Å². The second-order valence-electron chi connectivity index (χ2n) is 4.60. The van der Waals surface area contributed by atoms with Crippen molar-refractivity contribution in [2.45, 2.75) is 30.8 Å². The molecule has 0 amide bonds. The van der Waals surface area contributed by atoms with E-state index >= 15 is 0 Å². The van der Waals surface area contributed by atoms with Crippen LogP contribution >= 0.6 is 11.8 Å². The molecule has 0 radical (unpaired) electrons. The Labute approximate surface area is 84.0 Å². The van der Waals surface area contributed by atoms with Gasteiger partial charge in [-0.2, -0.15) is 0 Å². The number of hydrogen-bond donors (Lipinski definition) is 0. The van der Waals surface area contributed by atoms with E-state index in [1.54, 1.807) is 0 Å². The van der Waals surface area contributed by atoms with Crippen molar-refractivity contribution in [3.63, 3.8) is 0 Å². The van der Waals surface area contributed by atoms with Gasteiger partial charge < -0.3 is 4.74 Å². The first-order valence-corrected chi connectivity index (χ1v) is 6.31. The number of nitrogens with zero attached hydrogens (tertiary/aromatic N) is 1. The van der Waals surface area contributed by atoms with Gasteiger partial charge in [0.15, 0.2) is 0 Å². The molecule has 2 atom stereocenters. The monoisotopic (exact) mass is 199 g/mol. The fourth-order valence-electron chi connectivity index (χ4n) is 2.94. The zero-order valence-electron chi connectivity index (χ0n) is 8.16. The van der Waals surface area contributed by atoms with E-state index in [-0.39, 0.29) is 4.93 Å². The zero-order valence-corrected chi connectivity index (χ0v) is 8.98. The smallest absolute Gasteiger partial charge is 0.129 e. The summed E-state index contributed by atoms with van der Waals surface area (Å²) >= 11 is 2.07. The summed E-state index contributed by atoms with van der Waals surface area (Å²) in [6.07, 6.45) is 3.20. The lowest BCUT2D eigenvalue weighted by atomic mass is 9.85. The summed E-state index contributed by atoms with van der Waals surface area (Å²) in [4.78, 5) is 2.78. The highest BCUT2D eigenvalue weighted by Gasteiger charge is 2.51. The maximum Gasteiger partial charge on any atom is 0.129 e. The van der Waals surface area contributed by atoms with Crippen LogP contribution in [0.3, 0.4) is 0 Å². The first kappa shape index (κ1) is 8.57. The second kappa shape index (κ2) is 2.88. The van der Waals surface area contributed by atoms with Gasteiger partial charge in [0.25, 0.3) is 0 Å². The van der Waals surface area contributed by atoms with Crippen LogP contribution in [0.1, 0.15) is 19.8 Å². The lowest BCUT2D eigenvalue weighted by Crippen LogP contribution is -2.57. The first-order chi connectivity index (χ1) is 6.28. The van der Waals surface area contributed by atoms with E-state index in [0.717, 1.165) is 5.92 Å². The molecule has 0 aromatic heterocycles. The van der Waals surface area contributed by atoms with Gasteiger partial charge in [-0.15, -0.1) is 11.8 Å². The van der Waals surface area contributed by atoms with E-state index in [0.29, 0.717) is 6.10 Å². The highest BCUT2D eigenvalue weighted by molar-refractivity contribution is 8.00. The predicted octanol–water partition coefficient (Wildman–Crippen LogP) is 1.56. The molecular formula is C10H17NOS. The van der Waals surface area contributed by atoms with Crippen molar-refractivity contribution in [2.75, 3.05) is 25.4 Å². The van der Waals surface area contributed by atoms with Crippen LogP contribution in [0, 0.1) is 5.92 Å². The maximum atomic E-state index is 6.14. The number of piperidine rings is 3. The van der Waals surface area contributed by atoms with Crippen LogP contribution in [0.4, 0.5) is 0 Å². The minimum atomic E-state index is 0.204. The zero-order chi connectivity index (χ0) is 8.89. The van der Waals surface area contributed by atoms with E-state index in [1.165, 1.54) is 38.2 Å². The molecule has 0 N–H and O–H groups in total. The van der Waals surface area contributed by atoms with Crippen LogP contribution in [-0.4, -0.2) is 41.3 Å². The minimum absolute atomic E-state index is 0.204. The number of ether oxygens (including phenoxy) is 1. The topological polar surface area (TPSA) is 12.5 Å². The van der Waals surface area contributed by atoms with E-state index in [9.17, 15) is 0 Å². The Balaban J connectivity index is 1.83. The fourth-order valence-corrected chi connectivity index (χ4v) is 4.50. The largest absolute Gasteiger partial charge is 0.359 e. The molecule has 74 valence electrons. The van der Waals surface area contributed by atoms with Gasteiger partial charge in [-0.05, 0) is 32.9 Å². The Morgan fingerprint density at radius 1 is 1.38 bits per heavy atom. The van der Waals surface area contributed by atoms with Gasteiger partial charge in [0.2, 0.25) is 0 Å². The van der Waals surface area contributed by atoms with Crippen molar-refractivity contribution >= 4 is 11.8 Å². The molecule has 1 unspecified atom stereocenters. The molecule has 4 saturated heterocycles. The molecule has 4 heterocycles. The average molecular weight is 199 g/mol. The number of rotatable bonds is 0. The maximum absolute atomic E-state index is 6.14. The molecule has 2 bridgehead atoms. The molecule has 2 nitrogen and oxygen atoms in total. The van der Waals surface area contributed by atoms with Crippen LogP contribution in [-0.2, 0) is 4.74 Å². The van der Waals surface area contributed by atoms with Crippen molar-refractivity contribution < 1.29 is 4.74 Å². The lowest BCUT2D eigenvalue weighted by Gasteiger charge is -2.50. The van der Waals surface area contributed by atoms with E-state index in [1.807, 2.05) is 0 Å². The molecule has 13 heavy (non-hydrogen) atoms. The summed E-state index contributed by atoms with van der Waals surface area (Å²) in [6.45, 7) is 6.02. The third-order valence-corrected chi connectivity index (χ3v) is 5.30. The molecule has 4 aliphatic heterocycles. The predicted molar refractivity (Wildman–Crippen MR) is 54.9 cm³/mol. The van der Waals surface area contributed by atoms with Gasteiger partial charge in [-0.25, -0.2) is 0 Å². The molecule has 3 heteroatoms. The van der Waals surface area contributed by atoms with Gasteiger partial charge in [0, 0.05) is 18.2 Å². The summed E-state index contributed by atoms with van der Waals surface area (Å²) in [6, 6.07) is 0. The fraction of sp³-hybridized carbons (Fsp3) is 1.00. The Morgan fingerprint density at radius 3 is 2.62 bits per heavy atom. The van der Waals surface area contributed by atoms with Gasteiger partial charge in [0.05, 0.1) is 6.10 Å². The lowest BCUT2D eigenvalue weighted by molar-refractivity contribution is -0.103. The summed E-state index contributed by atoms with van der Waals surface area (Å²) in [7, 11) is 0. The quantitative estimate of drug-likeness (QED) is 0.587. The Hall–Kier alpha value is 0.270. The van der Waals surface area contributed by atoms with Gasteiger partial charge in [-0.3, -0.25) is 4.90 Å². The summed E-state index contributed by atoms with van der Waals surface area (Å²) < 4.78 is 6.14. The number of thioether (sulfide) groups is 1. The molecule has 4 fully saturated rings. The average Bonchev–Trinajstić information content (AvgIpc) is 2.49. The van der Waals surface area contributed by atoms with Crippen LogP contribution in [0.2, 0.25) is 0 Å². The third-order valence-electron chi connectivity index (χ3n) is 3.62.